The number of aryl methyl sites for hydroxylation is 1. The van der Waals surface area contributed by atoms with Crippen LogP contribution in [0.15, 0.2) is 62.7 Å². The van der Waals surface area contributed by atoms with Crippen LogP contribution in [0.3, 0.4) is 0 Å². The first-order valence-electron chi connectivity index (χ1n) is 8.93. The molecule has 4 aromatic rings. The molecule has 2 aromatic carbocycles. The van der Waals surface area contributed by atoms with Crippen LogP contribution in [0, 0.1) is 0 Å². The summed E-state index contributed by atoms with van der Waals surface area (Å²) in [6.07, 6.45) is 1.81. The van der Waals surface area contributed by atoms with E-state index < -0.39 is 0 Å². The van der Waals surface area contributed by atoms with Crippen molar-refractivity contribution in [1.29, 1.82) is 0 Å². The molecule has 0 spiro atoms. The molecule has 0 amide bonds. The van der Waals surface area contributed by atoms with E-state index in [0.717, 1.165) is 20.3 Å². The van der Waals surface area contributed by atoms with Crippen molar-refractivity contribution in [2.24, 2.45) is 14.1 Å². The average molecular weight is 454 g/mol. The van der Waals surface area contributed by atoms with Gasteiger partial charge in [-0.25, -0.2) is 4.79 Å². The van der Waals surface area contributed by atoms with Crippen molar-refractivity contribution in [3.8, 4) is 28.4 Å². The van der Waals surface area contributed by atoms with E-state index >= 15 is 0 Å². The molecule has 1 aliphatic rings. The van der Waals surface area contributed by atoms with Gasteiger partial charge in [-0.15, -0.1) is 0 Å². The summed E-state index contributed by atoms with van der Waals surface area (Å²) >= 11 is 3.51. The summed E-state index contributed by atoms with van der Waals surface area (Å²) < 4.78 is 16.4. The van der Waals surface area contributed by atoms with Crippen LogP contribution in [-0.2, 0) is 14.1 Å². The van der Waals surface area contributed by atoms with Gasteiger partial charge in [0.1, 0.15) is 0 Å². The maximum Gasteiger partial charge on any atom is 0.330 e. The van der Waals surface area contributed by atoms with Gasteiger partial charge in [-0.1, -0.05) is 28.1 Å². The van der Waals surface area contributed by atoms with E-state index in [2.05, 4.69) is 15.9 Å². The molecule has 0 bridgehead atoms. The Labute approximate surface area is 173 Å². The molecule has 29 heavy (non-hydrogen) atoms. The molecule has 0 unspecified atom stereocenters. The predicted molar refractivity (Wildman–Crippen MR) is 113 cm³/mol. The second-order valence-corrected chi connectivity index (χ2v) is 7.78. The molecule has 0 N–H and O–H groups in total. The maximum atomic E-state index is 13.1. The minimum absolute atomic E-state index is 0.181. The summed E-state index contributed by atoms with van der Waals surface area (Å²) in [6, 6.07) is 13.3. The Kier molecular flexibility index (Phi) is 3.92. The average Bonchev–Trinajstić information content (AvgIpc) is 3.34. The molecule has 0 saturated carbocycles. The number of benzene rings is 2. The van der Waals surface area contributed by atoms with Gasteiger partial charge in [0.15, 0.2) is 11.5 Å². The van der Waals surface area contributed by atoms with E-state index in [1.807, 2.05) is 53.2 Å². The number of hydrogen-bond donors (Lipinski definition) is 0. The van der Waals surface area contributed by atoms with E-state index in [-0.39, 0.29) is 18.0 Å². The monoisotopic (exact) mass is 453 g/mol. The van der Waals surface area contributed by atoms with Gasteiger partial charge in [-0.05, 0) is 24.3 Å². The normalized spacial score (nSPS) is 12.7. The molecule has 3 heterocycles. The molecule has 0 saturated heterocycles. The van der Waals surface area contributed by atoms with Gasteiger partial charge in [-0.3, -0.25) is 13.9 Å². The van der Waals surface area contributed by atoms with Crippen molar-refractivity contribution in [3.63, 3.8) is 0 Å². The second-order valence-electron chi connectivity index (χ2n) is 6.86. The molecule has 0 fully saturated rings. The Morgan fingerprint density at radius 2 is 1.76 bits per heavy atom. The summed E-state index contributed by atoms with van der Waals surface area (Å²) in [7, 11) is 3.16. The summed E-state index contributed by atoms with van der Waals surface area (Å²) in [5.41, 5.74) is 2.21. The summed E-state index contributed by atoms with van der Waals surface area (Å²) in [4.78, 5) is 25.6. The smallest absolute Gasteiger partial charge is 0.330 e. The van der Waals surface area contributed by atoms with Crippen molar-refractivity contribution in [1.82, 2.24) is 13.7 Å². The maximum absolute atomic E-state index is 13.1. The molecule has 1 aliphatic heterocycles. The zero-order valence-corrected chi connectivity index (χ0v) is 17.3. The van der Waals surface area contributed by atoms with Crippen LogP contribution in [-0.4, -0.2) is 20.5 Å². The summed E-state index contributed by atoms with van der Waals surface area (Å²) in [6.45, 7) is 0.181. The van der Waals surface area contributed by atoms with E-state index in [1.165, 1.54) is 11.6 Å². The van der Waals surface area contributed by atoms with E-state index in [4.69, 9.17) is 9.47 Å². The Morgan fingerprint density at radius 1 is 0.966 bits per heavy atom. The summed E-state index contributed by atoms with van der Waals surface area (Å²) in [5.74, 6) is 1.32. The van der Waals surface area contributed by atoms with Crippen molar-refractivity contribution in [2.45, 2.75) is 0 Å². The third-order valence-corrected chi connectivity index (χ3v) is 5.66. The van der Waals surface area contributed by atoms with Gasteiger partial charge in [0.25, 0.3) is 5.56 Å². The van der Waals surface area contributed by atoms with Crippen LogP contribution < -0.4 is 20.7 Å². The number of hydrogen-bond acceptors (Lipinski definition) is 4. The Bertz CT molecular complexity index is 1410. The minimum Gasteiger partial charge on any atom is -0.454 e. The zero-order chi connectivity index (χ0) is 20.3. The largest absolute Gasteiger partial charge is 0.454 e. The lowest BCUT2D eigenvalue weighted by Crippen LogP contribution is -2.36. The highest BCUT2D eigenvalue weighted by Crippen LogP contribution is 2.37. The fourth-order valence-electron chi connectivity index (χ4n) is 3.70. The molecule has 7 nitrogen and oxygen atoms in total. The van der Waals surface area contributed by atoms with Crippen LogP contribution in [0.4, 0.5) is 0 Å². The topological polar surface area (TPSA) is 67.4 Å². The number of ether oxygens (including phenoxy) is 2. The number of nitrogens with zero attached hydrogens (tertiary/aromatic N) is 3. The number of rotatable bonds is 2. The third kappa shape index (κ3) is 2.63. The third-order valence-electron chi connectivity index (χ3n) is 5.17. The van der Waals surface area contributed by atoms with Gasteiger partial charge < -0.3 is 14.0 Å². The number of halogens is 1. The van der Waals surface area contributed by atoms with Crippen LogP contribution >= 0.6 is 15.9 Å². The Balaban J connectivity index is 1.92. The predicted octanol–water partition coefficient (Wildman–Crippen LogP) is 3.19. The fraction of sp³-hybridized carbons (Fsp3) is 0.143. The van der Waals surface area contributed by atoms with Crippen molar-refractivity contribution in [3.05, 3.63) is 74.0 Å². The summed E-state index contributed by atoms with van der Waals surface area (Å²) in [5, 5.41) is 0.477. The molecule has 0 radical (unpaired) electrons. The first-order valence-corrected chi connectivity index (χ1v) is 9.72. The Hall–Kier alpha value is -3.26. The lowest BCUT2D eigenvalue weighted by molar-refractivity contribution is 0.174. The molecule has 0 aliphatic carbocycles. The van der Waals surface area contributed by atoms with E-state index in [9.17, 15) is 9.59 Å². The Morgan fingerprint density at radius 3 is 2.55 bits per heavy atom. The number of fused-ring (bicyclic) bond motifs is 2. The molecular formula is C21H16BrN3O4. The highest BCUT2D eigenvalue weighted by Gasteiger charge is 2.22. The van der Waals surface area contributed by atoms with Crippen LogP contribution in [0.2, 0.25) is 0 Å². The van der Waals surface area contributed by atoms with E-state index in [1.54, 1.807) is 7.05 Å². The van der Waals surface area contributed by atoms with E-state index in [0.29, 0.717) is 28.1 Å². The highest BCUT2D eigenvalue weighted by molar-refractivity contribution is 9.10. The van der Waals surface area contributed by atoms with Crippen LogP contribution in [0.25, 0.3) is 27.8 Å². The fourth-order valence-corrected chi connectivity index (χ4v) is 4.10. The molecule has 8 heteroatoms. The molecule has 0 atom stereocenters. The van der Waals surface area contributed by atoms with Gasteiger partial charge >= 0.3 is 5.69 Å². The van der Waals surface area contributed by atoms with Gasteiger partial charge in [0.2, 0.25) is 6.79 Å². The lowest BCUT2D eigenvalue weighted by atomic mass is 10.1. The second kappa shape index (κ2) is 6.38. The van der Waals surface area contributed by atoms with Gasteiger partial charge in [-0.2, -0.15) is 0 Å². The molecule has 2 aromatic heterocycles. The van der Waals surface area contributed by atoms with Crippen LogP contribution in [0.5, 0.6) is 11.5 Å². The highest BCUT2D eigenvalue weighted by atomic mass is 79.9. The van der Waals surface area contributed by atoms with Crippen molar-refractivity contribution >= 4 is 26.8 Å². The first kappa shape index (κ1) is 17.8. The zero-order valence-electron chi connectivity index (χ0n) is 15.7. The SMILES string of the molecule is Cn1c(=O)c2c(-c3cccc(Br)c3)n(-c3ccc4c(c3)OCO4)cc2n(C)c1=O. The van der Waals surface area contributed by atoms with Crippen molar-refractivity contribution < 1.29 is 9.47 Å². The van der Waals surface area contributed by atoms with Gasteiger partial charge in [0, 0.05) is 42.1 Å². The first-order chi connectivity index (χ1) is 14.0. The van der Waals surface area contributed by atoms with Crippen molar-refractivity contribution in [2.75, 3.05) is 6.79 Å². The molecule has 5 rings (SSSR count). The van der Waals surface area contributed by atoms with Crippen LogP contribution in [0.1, 0.15) is 0 Å². The minimum atomic E-state index is -0.369. The quantitative estimate of drug-likeness (QED) is 0.467. The number of aromatic nitrogens is 3. The molecular weight excluding hydrogens is 438 g/mol. The van der Waals surface area contributed by atoms with Gasteiger partial charge in [0.05, 0.1) is 16.6 Å². The standard InChI is InChI=1S/C21H16BrN3O4/c1-23-15-10-25(14-6-7-16-17(9-14)29-11-28-16)19(12-4-3-5-13(22)8-12)18(15)20(26)24(2)21(23)27/h3-10H,11H2,1-2H3. The molecule has 146 valence electrons. The lowest BCUT2D eigenvalue weighted by Gasteiger charge is -2.11.